The summed E-state index contributed by atoms with van der Waals surface area (Å²) >= 11 is 1.40. The smallest absolute Gasteiger partial charge is 0.233 e. The largest absolute Gasteiger partial charge is 0.493 e. The van der Waals surface area contributed by atoms with Crippen LogP contribution in [0, 0.1) is 0 Å². The van der Waals surface area contributed by atoms with Crippen molar-refractivity contribution in [1.82, 2.24) is 20.1 Å². The minimum absolute atomic E-state index is 0.0470. The molecule has 1 N–H and O–H groups in total. The molecule has 0 radical (unpaired) electrons. The molecule has 0 aliphatic heterocycles. The van der Waals surface area contributed by atoms with Crippen LogP contribution in [0.25, 0.3) is 10.8 Å². The monoisotopic (exact) mass is 516 g/mol. The Kier molecular flexibility index (Phi) is 8.85. The van der Waals surface area contributed by atoms with E-state index in [0.717, 1.165) is 11.4 Å². The number of carbonyl (C=O) groups excluding carboxylic acids is 1. The number of allylic oxidation sites excluding steroid dienone is 1. The first-order valence-corrected chi connectivity index (χ1v) is 13.1. The summed E-state index contributed by atoms with van der Waals surface area (Å²) in [6, 6.07) is 20.4. The van der Waals surface area contributed by atoms with Crippen molar-refractivity contribution in [2.24, 2.45) is 0 Å². The number of hydrogen-bond donors (Lipinski definition) is 1. The van der Waals surface area contributed by atoms with Gasteiger partial charge in [-0.1, -0.05) is 66.4 Å². The lowest BCUT2D eigenvalue weighted by Gasteiger charge is -2.14. The van der Waals surface area contributed by atoms with Gasteiger partial charge in [-0.2, -0.15) is 0 Å². The molecule has 1 atom stereocenters. The molecule has 1 heterocycles. The molecule has 0 bridgehead atoms. The molecule has 7 nitrogen and oxygen atoms in total. The molecule has 4 aromatic rings. The summed E-state index contributed by atoms with van der Waals surface area (Å²) in [6.07, 6.45) is 3.16. The van der Waals surface area contributed by atoms with Crippen LogP contribution in [0.3, 0.4) is 0 Å². The van der Waals surface area contributed by atoms with Crippen LogP contribution in [0.2, 0.25) is 0 Å². The van der Waals surface area contributed by atoms with Crippen LogP contribution < -0.4 is 14.8 Å². The van der Waals surface area contributed by atoms with Crippen molar-refractivity contribution >= 4 is 28.4 Å². The Morgan fingerprint density at radius 3 is 2.65 bits per heavy atom. The van der Waals surface area contributed by atoms with Gasteiger partial charge < -0.3 is 19.4 Å². The van der Waals surface area contributed by atoms with E-state index in [2.05, 4.69) is 52.4 Å². The number of methoxy groups -OCH3 is 2. The molecule has 0 spiro atoms. The first-order valence-electron chi connectivity index (χ1n) is 12.2. The molecular formula is C29H32N4O3S. The van der Waals surface area contributed by atoms with E-state index < -0.39 is 0 Å². The van der Waals surface area contributed by atoms with Crippen LogP contribution in [0.1, 0.15) is 23.9 Å². The zero-order valence-corrected chi connectivity index (χ0v) is 22.3. The second-order valence-corrected chi connectivity index (χ2v) is 9.91. The lowest BCUT2D eigenvalue weighted by molar-refractivity contribution is -0.120. The van der Waals surface area contributed by atoms with E-state index in [4.69, 9.17) is 9.47 Å². The molecule has 0 unspecified atom stereocenters. The summed E-state index contributed by atoms with van der Waals surface area (Å²) in [4.78, 5) is 12.8. The minimum Gasteiger partial charge on any atom is -0.493 e. The van der Waals surface area contributed by atoms with Gasteiger partial charge in [0.15, 0.2) is 16.7 Å². The Bertz CT molecular complexity index is 1380. The van der Waals surface area contributed by atoms with Gasteiger partial charge in [-0.05, 0) is 47.4 Å². The number of fused-ring (bicyclic) bond motifs is 1. The van der Waals surface area contributed by atoms with E-state index in [9.17, 15) is 4.79 Å². The predicted octanol–water partition coefficient (Wildman–Crippen LogP) is 5.06. The molecule has 0 aliphatic rings. The average Bonchev–Trinajstić information content (AvgIpc) is 3.29. The number of amides is 1. The van der Waals surface area contributed by atoms with Gasteiger partial charge in [-0.15, -0.1) is 16.8 Å². The van der Waals surface area contributed by atoms with Crippen molar-refractivity contribution in [1.29, 1.82) is 0 Å². The predicted molar refractivity (Wildman–Crippen MR) is 149 cm³/mol. The van der Waals surface area contributed by atoms with Crippen LogP contribution in [0.4, 0.5) is 0 Å². The fourth-order valence-corrected chi connectivity index (χ4v) is 5.09. The highest BCUT2D eigenvalue weighted by Gasteiger charge is 2.20. The highest BCUT2D eigenvalue weighted by Crippen LogP contribution is 2.28. The number of nitrogens with one attached hydrogen (secondary N) is 1. The van der Waals surface area contributed by atoms with Gasteiger partial charge in [0.25, 0.3) is 0 Å². The Morgan fingerprint density at radius 1 is 1.08 bits per heavy atom. The summed E-state index contributed by atoms with van der Waals surface area (Å²) in [5, 5.41) is 14.7. The fraction of sp³-hybridized carbons (Fsp3) is 0.276. The maximum absolute atomic E-state index is 12.8. The number of aromatic nitrogens is 3. The molecule has 4 rings (SSSR count). The van der Waals surface area contributed by atoms with Gasteiger partial charge in [-0.3, -0.25) is 4.79 Å². The molecule has 192 valence electrons. The van der Waals surface area contributed by atoms with Gasteiger partial charge in [-0.25, -0.2) is 0 Å². The van der Waals surface area contributed by atoms with E-state index in [1.54, 1.807) is 14.2 Å². The van der Waals surface area contributed by atoms with Gasteiger partial charge in [0, 0.05) is 19.5 Å². The molecule has 1 amide bonds. The number of carbonyl (C=O) groups is 1. The van der Waals surface area contributed by atoms with E-state index in [1.165, 1.54) is 28.1 Å². The maximum atomic E-state index is 12.8. The van der Waals surface area contributed by atoms with Gasteiger partial charge in [0.2, 0.25) is 5.91 Å². The number of benzene rings is 3. The molecule has 1 aromatic heterocycles. The quantitative estimate of drug-likeness (QED) is 0.209. The zero-order chi connectivity index (χ0) is 26.2. The third-order valence-corrected chi connectivity index (χ3v) is 7.23. The van der Waals surface area contributed by atoms with Crippen molar-refractivity contribution in [3.8, 4) is 11.5 Å². The van der Waals surface area contributed by atoms with Crippen molar-refractivity contribution in [3.63, 3.8) is 0 Å². The summed E-state index contributed by atoms with van der Waals surface area (Å²) < 4.78 is 12.7. The molecule has 8 heteroatoms. The number of nitrogens with zero attached hydrogens (tertiary/aromatic N) is 3. The third-order valence-electron chi connectivity index (χ3n) is 6.15. The molecule has 0 saturated heterocycles. The Hall–Kier alpha value is -3.78. The Balaban J connectivity index is 1.39. The minimum atomic E-state index is -0.330. The van der Waals surface area contributed by atoms with E-state index in [1.807, 2.05) is 47.9 Å². The molecule has 3 aromatic carbocycles. The topological polar surface area (TPSA) is 78.3 Å². The lowest BCUT2D eigenvalue weighted by Crippen LogP contribution is -2.32. The van der Waals surface area contributed by atoms with Crippen molar-refractivity contribution < 1.29 is 14.3 Å². The molecule has 0 fully saturated rings. The zero-order valence-electron chi connectivity index (χ0n) is 21.4. The van der Waals surface area contributed by atoms with E-state index in [-0.39, 0.29) is 11.2 Å². The summed E-state index contributed by atoms with van der Waals surface area (Å²) in [5.41, 5.74) is 2.25. The Labute approximate surface area is 221 Å². The summed E-state index contributed by atoms with van der Waals surface area (Å²) in [5.74, 6) is 2.16. The number of ether oxygens (including phenoxy) is 2. The Morgan fingerprint density at radius 2 is 1.86 bits per heavy atom. The van der Waals surface area contributed by atoms with Gasteiger partial charge >= 0.3 is 0 Å². The van der Waals surface area contributed by atoms with Gasteiger partial charge in [0.05, 0.1) is 19.5 Å². The molecule has 37 heavy (non-hydrogen) atoms. The second-order valence-electron chi connectivity index (χ2n) is 8.60. The normalized spacial score (nSPS) is 11.8. The fourth-order valence-electron chi connectivity index (χ4n) is 4.19. The van der Waals surface area contributed by atoms with Gasteiger partial charge in [0.1, 0.15) is 5.82 Å². The first-order chi connectivity index (χ1) is 18.0. The number of hydrogen-bond acceptors (Lipinski definition) is 6. The second kappa shape index (κ2) is 12.5. The standard InChI is InChI=1S/C29H32N4O3S/c1-5-17-33-27(19-23-11-8-10-22-9-6-7-12-24(22)23)31-32-29(33)37-20(2)28(34)30-16-15-21-13-14-25(35-3)26(18-21)36-4/h5-14,18,20H,1,15-17,19H2,2-4H3,(H,30,34)/t20-/m1/s1. The molecular weight excluding hydrogens is 484 g/mol. The third kappa shape index (κ3) is 6.32. The summed E-state index contributed by atoms with van der Waals surface area (Å²) in [7, 11) is 3.22. The van der Waals surface area contributed by atoms with Crippen LogP contribution in [-0.2, 0) is 24.2 Å². The highest BCUT2D eigenvalue weighted by molar-refractivity contribution is 8.00. The maximum Gasteiger partial charge on any atom is 0.233 e. The van der Waals surface area contributed by atoms with E-state index >= 15 is 0 Å². The highest BCUT2D eigenvalue weighted by atomic mass is 32.2. The lowest BCUT2D eigenvalue weighted by atomic mass is 10.0. The van der Waals surface area contributed by atoms with Crippen molar-refractivity contribution in [2.45, 2.75) is 36.7 Å². The number of rotatable bonds is 12. The summed E-state index contributed by atoms with van der Waals surface area (Å²) in [6.45, 7) is 6.87. The SMILES string of the molecule is C=CCn1c(Cc2cccc3ccccc23)nnc1S[C@H](C)C(=O)NCCc1ccc(OC)c(OC)c1. The molecule has 0 aliphatic carbocycles. The van der Waals surface area contributed by atoms with Crippen LogP contribution in [-0.4, -0.2) is 46.7 Å². The molecule has 0 saturated carbocycles. The van der Waals surface area contributed by atoms with Crippen molar-refractivity contribution in [3.05, 3.63) is 90.3 Å². The van der Waals surface area contributed by atoms with Crippen molar-refractivity contribution in [2.75, 3.05) is 20.8 Å². The number of thioether (sulfide) groups is 1. The first kappa shape index (κ1) is 26.3. The van der Waals surface area contributed by atoms with Crippen LogP contribution in [0.15, 0.2) is 78.5 Å². The average molecular weight is 517 g/mol. The van der Waals surface area contributed by atoms with Crippen LogP contribution >= 0.6 is 11.8 Å². The van der Waals surface area contributed by atoms with Crippen LogP contribution in [0.5, 0.6) is 11.5 Å². The van der Waals surface area contributed by atoms with E-state index in [0.29, 0.717) is 42.6 Å².